The second kappa shape index (κ2) is 7.45. The highest BCUT2D eigenvalue weighted by atomic mass is 16.5. The van der Waals surface area contributed by atoms with E-state index in [0.29, 0.717) is 31.2 Å². The molecule has 1 fully saturated rings. The van der Waals surface area contributed by atoms with Crippen molar-refractivity contribution in [3.05, 3.63) is 59.8 Å². The summed E-state index contributed by atoms with van der Waals surface area (Å²) in [6.07, 6.45) is 1.64. The molecule has 0 saturated carbocycles. The van der Waals surface area contributed by atoms with E-state index in [-0.39, 0.29) is 18.1 Å². The van der Waals surface area contributed by atoms with Gasteiger partial charge in [-0.3, -0.25) is 4.79 Å². The highest BCUT2D eigenvalue weighted by Gasteiger charge is 2.28. The van der Waals surface area contributed by atoms with Crippen LogP contribution in [0.2, 0.25) is 0 Å². The quantitative estimate of drug-likeness (QED) is 0.867. The molecule has 0 bridgehead atoms. The van der Waals surface area contributed by atoms with E-state index in [1.54, 1.807) is 18.3 Å². The zero-order chi connectivity index (χ0) is 16.9. The molecule has 24 heavy (non-hydrogen) atoms. The number of carbonyl (C=O) groups excluding carboxylic acids is 1. The molecule has 0 aliphatic carbocycles. The van der Waals surface area contributed by atoms with Gasteiger partial charge in [-0.2, -0.15) is 0 Å². The van der Waals surface area contributed by atoms with Crippen LogP contribution in [-0.2, 0) is 11.3 Å². The summed E-state index contributed by atoms with van der Waals surface area (Å²) in [7, 11) is 0. The van der Waals surface area contributed by atoms with Gasteiger partial charge in [0.2, 0.25) is 5.88 Å². The smallest absolute Gasteiger partial charge is 0.255 e. The third-order valence-corrected chi connectivity index (χ3v) is 4.08. The molecule has 0 N–H and O–H groups in total. The third-order valence-electron chi connectivity index (χ3n) is 4.08. The van der Waals surface area contributed by atoms with Crippen LogP contribution < -0.4 is 4.74 Å². The normalized spacial score (nSPS) is 20.7. The monoisotopic (exact) mass is 326 g/mol. The summed E-state index contributed by atoms with van der Waals surface area (Å²) in [6, 6.07) is 13.5. The van der Waals surface area contributed by atoms with E-state index < -0.39 is 0 Å². The van der Waals surface area contributed by atoms with Crippen LogP contribution in [0.4, 0.5) is 0 Å². The molecular formula is C19H22N2O3. The van der Waals surface area contributed by atoms with Gasteiger partial charge in [0.1, 0.15) is 6.61 Å². The van der Waals surface area contributed by atoms with Crippen LogP contribution in [0.1, 0.15) is 29.8 Å². The van der Waals surface area contributed by atoms with Crippen molar-refractivity contribution in [3.8, 4) is 5.88 Å². The number of nitrogens with zero attached hydrogens (tertiary/aromatic N) is 2. The maximum Gasteiger partial charge on any atom is 0.255 e. The average Bonchev–Trinajstić information content (AvgIpc) is 2.63. The molecule has 0 unspecified atom stereocenters. The number of carbonyl (C=O) groups is 1. The predicted octanol–water partition coefficient (Wildman–Crippen LogP) is 2.91. The molecule has 1 saturated heterocycles. The fourth-order valence-electron chi connectivity index (χ4n) is 2.68. The highest BCUT2D eigenvalue weighted by Crippen LogP contribution is 2.17. The minimum absolute atomic E-state index is 0.0141. The van der Waals surface area contributed by atoms with E-state index in [2.05, 4.69) is 4.98 Å². The Bertz CT molecular complexity index is 673. The second-order valence-corrected chi connectivity index (χ2v) is 6.11. The Morgan fingerprint density at radius 2 is 2.04 bits per heavy atom. The second-order valence-electron chi connectivity index (χ2n) is 6.11. The molecule has 3 rings (SSSR count). The van der Waals surface area contributed by atoms with Crippen molar-refractivity contribution in [2.24, 2.45) is 0 Å². The predicted molar refractivity (Wildman–Crippen MR) is 90.9 cm³/mol. The first-order valence-electron chi connectivity index (χ1n) is 8.19. The van der Waals surface area contributed by atoms with Crippen LogP contribution in [0.5, 0.6) is 5.88 Å². The van der Waals surface area contributed by atoms with E-state index in [1.807, 2.05) is 49.1 Å². The van der Waals surface area contributed by atoms with Gasteiger partial charge in [0.05, 0.1) is 24.3 Å². The van der Waals surface area contributed by atoms with Crippen LogP contribution in [0.15, 0.2) is 48.7 Å². The van der Waals surface area contributed by atoms with Gasteiger partial charge in [-0.15, -0.1) is 0 Å². The number of rotatable bonds is 4. The molecule has 2 atom stereocenters. The van der Waals surface area contributed by atoms with E-state index in [9.17, 15) is 4.79 Å². The Morgan fingerprint density at radius 1 is 1.25 bits per heavy atom. The number of pyridine rings is 1. The number of amides is 1. The molecule has 1 aromatic carbocycles. The van der Waals surface area contributed by atoms with Crippen LogP contribution in [-0.4, -0.2) is 41.1 Å². The van der Waals surface area contributed by atoms with E-state index in [1.165, 1.54) is 0 Å². The first-order chi connectivity index (χ1) is 11.6. The molecule has 1 amide bonds. The van der Waals surface area contributed by atoms with Crippen molar-refractivity contribution >= 4 is 5.91 Å². The van der Waals surface area contributed by atoms with E-state index in [4.69, 9.17) is 9.47 Å². The van der Waals surface area contributed by atoms with E-state index in [0.717, 1.165) is 5.56 Å². The maximum absolute atomic E-state index is 12.6. The summed E-state index contributed by atoms with van der Waals surface area (Å²) in [6.45, 7) is 5.60. The zero-order valence-electron chi connectivity index (χ0n) is 14.0. The summed E-state index contributed by atoms with van der Waals surface area (Å²) in [5, 5.41) is 0. The lowest BCUT2D eigenvalue weighted by Gasteiger charge is -2.36. The third kappa shape index (κ3) is 3.92. The van der Waals surface area contributed by atoms with Crippen molar-refractivity contribution in [3.63, 3.8) is 0 Å². The Kier molecular flexibility index (Phi) is 5.11. The van der Waals surface area contributed by atoms with Gasteiger partial charge in [0.25, 0.3) is 5.91 Å². The molecule has 2 aromatic rings. The summed E-state index contributed by atoms with van der Waals surface area (Å²) in [5.41, 5.74) is 1.65. The molecule has 1 aliphatic heterocycles. The minimum Gasteiger partial charge on any atom is -0.473 e. The summed E-state index contributed by atoms with van der Waals surface area (Å²) in [5.74, 6) is 0.499. The van der Waals surface area contributed by atoms with Crippen molar-refractivity contribution in [2.75, 3.05) is 13.2 Å². The van der Waals surface area contributed by atoms with Gasteiger partial charge < -0.3 is 14.4 Å². The first-order valence-corrected chi connectivity index (χ1v) is 8.19. The molecular weight excluding hydrogens is 304 g/mol. The summed E-state index contributed by atoms with van der Waals surface area (Å²) >= 11 is 0. The number of aromatic nitrogens is 1. The van der Waals surface area contributed by atoms with Crippen molar-refractivity contribution in [1.29, 1.82) is 0 Å². The first kappa shape index (κ1) is 16.5. The number of morpholine rings is 1. The van der Waals surface area contributed by atoms with E-state index >= 15 is 0 Å². The molecule has 1 aromatic heterocycles. The number of benzene rings is 1. The summed E-state index contributed by atoms with van der Waals surface area (Å²) in [4.78, 5) is 18.7. The van der Waals surface area contributed by atoms with Gasteiger partial charge in [-0.1, -0.05) is 30.3 Å². The lowest BCUT2D eigenvalue weighted by Crippen LogP contribution is -2.50. The zero-order valence-corrected chi connectivity index (χ0v) is 14.0. The highest BCUT2D eigenvalue weighted by molar-refractivity contribution is 5.94. The Labute approximate surface area is 142 Å². The molecule has 1 aliphatic rings. The molecule has 5 nitrogen and oxygen atoms in total. The SMILES string of the molecule is C[C@@H]1CN(C(=O)c2ccc(OCc3ccccc3)nc2)[C@@H](C)CO1. The van der Waals surface area contributed by atoms with Gasteiger partial charge in [-0.05, 0) is 25.5 Å². The average molecular weight is 326 g/mol. The molecule has 5 heteroatoms. The van der Waals surface area contributed by atoms with Gasteiger partial charge in [0, 0.05) is 18.8 Å². The lowest BCUT2D eigenvalue weighted by atomic mass is 10.1. The fraction of sp³-hybridized carbons (Fsp3) is 0.368. The standard InChI is InChI=1S/C19H22N2O3/c1-14-12-23-15(2)11-21(14)19(22)17-8-9-18(20-10-17)24-13-16-6-4-3-5-7-16/h3-10,14-15H,11-13H2,1-2H3/t14-,15+/m0/s1. The molecule has 0 radical (unpaired) electrons. The largest absolute Gasteiger partial charge is 0.473 e. The van der Waals surface area contributed by atoms with Crippen LogP contribution in [0.3, 0.4) is 0 Å². The molecule has 126 valence electrons. The van der Waals surface area contributed by atoms with Crippen LogP contribution >= 0.6 is 0 Å². The van der Waals surface area contributed by atoms with Crippen LogP contribution in [0, 0.1) is 0 Å². The van der Waals surface area contributed by atoms with Gasteiger partial charge in [-0.25, -0.2) is 4.98 Å². The maximum atomic E-state index is 12.6. The van der Waals surface area contributed by atoms with Crippen molar-refractivity contribution in [2.45, 2.75) is 32.6 Å². The topological polar surface area (TPSA) is 51.7 Å². The molecule has 2 heterocycles. The Balaban J connectivity index is 1.62. The van der Waals surface area contributed by atoms with Crippen molar-refractivity contribution < 1.29 is 14.3 Å². The molecule has 0 spiro atoms. The Hall–Kier alpha value is -2.40. The van der Waals surface area contributed by atoms with Crippen molar-refractivity contribution in [1.82, 2.24) is 9.88 Å². The van der Waals surface area contributed by atoms with Crippen LogP contribution in [0.25, 0.3) is 0 Å². The minimum atomic E-state index is -0.0141. The number of ether oxygens (including phenoxy) is 2. The lowest BCUT2D eigenvalue weighted by molar-refractivity contribution is -0.0387. The fourth-order valence-corrected chi connectivity index (χ4v) is 2.68. The summed E-state index contributed by atoms with van der Waals surface area (Å²) < 4.78 is 11.2. The van der Waals surface area contributed by atoms with Gasteiger partial charge >= 0.3 is 0 Å². The number of hydrogen-bond acceptors (Lipinski definition) is 4. The van der Waals surface area contributed by atoms with Gasteiger partial charge in [0.15, 0.2) is 0 Å². The Morgan fingerprint density at radius 3 is 2.75 bits per heavy atom. The number of hydrogen-bond donors (Lipinski definition) is 0.